The Kier molecular flexibility index (Phi) is 3.12. The molecule has 1 heteroatoms. The van der Waals surface area contributed by atoms with Crippen molar-refractivity contribution in [3.05, 3.63) is 0 Å². The fourth-order valence-corrected chi connectivity index (χ4v) is 7.31. The van der Waals surface area contributed by atoms with Crippen LogP contribution >= 0.6 is 0 Å². The van der Waals surface area contributed by atoms with Gasteiger partial charge in [0.25, 0.3) is 0 Å². The van der Waals surface area contributed by atoms with Crippen molar-refractivity contribution in [3.63, 3.8) is 0 Å². The molecule has 0 aromatic rings. The minimum absolute atomic E-state index is 0.490. The Hall–Kier alpha value is -0.330. The van der Waals surface area contributed by atoms with E-state index in [-0.39, 0.29) is 0 Å². The SMILES string of the molecule is CC1CCC2C3CC[C@H]4CC(=O)CCC4(C)C3CCC12C. The normalized spacial score (nSPS) is 56.5. The molecule has 4 fully saturated rings. The lowest BCUT2D eigenvalue weighted by molar-refractivity contribution is -0.139. The van der Waals surface area contributed by atoms with Gasteiger partial charge in [-0.2, -0.15) is 0 Å². The highest BCUT2D eigenvalue weighted by Gasteiger charge is 2.59. The first-order valence-electron chi connectivity index (χ1n) is 9.47. The summed E-state index contributed by atoms with van der Waals surface area (Å²) in [6.07, 6.45) is 11.6. The molecule has 0 amide bonds. The predicted octanol–water partition coefficient (Wildman–Crippen LogP) is 5.23. The molecule has 118 valence electrons. The average molecular weight is 288 g/mol. The van der Waals surface area contributed by atoms with Gasteiger partial charge in [-0.3, -0.25) is 4.79 Å². The number of carbonyl (C=O) groups is 1. The van der Waals surface area contributed by atoms with Crippen LogP contribution in [-0.4, -0.2) is 5.78 Å². The molecular weight excluding hydrogens is 256 g/mol. The summed E-state index contributed by atoms with van der Waals surface area (Å²) < 4.78 is 0. The Morgan fingerprint density at radius 3 is 2.48 bits per heavy atom. The second-order valence-electron chi connectivity index (χ2n) is 9.42. The van der Waals surface area contributed by atoms with Crippen LogP contribution in [0.25, 0.3) is 0 Å². The van der Waals surface area contributed by atoms with Gasteiger partial charge < -0.3 is 0 Å². The fourth-order valence-electron chi connectivity index (χ4n) is 7.31. The topological polar surface area (TPSA) is 17.1 Å². The van der Waals surface area contributed by atoms with Gasteiger partial charge in [-0.15, -0.1) is 0 Å². The van der Waals surface area contributed by atoms with E-state index in [0.29, 0.717) is 22.5 Å². The summed E-state index contributed by atoms with van der Waals surface area (Å²) in [5.74, 6) is 5.08. The average Bonchev–Trinajstić information content (AvgIpc) is 2.76. The Balaban J connectivity index is 1.64. The van der Waals surface area contributed by atoms with Gasteiger partial charge in [0, 0.05) is 12.8 Å². The lowest BCUT2D eigenvalue weighted by Gasteiger charge is -2.60. The van der Waals surface area contributed by atoms with Gasteiger partial charge in [0.1, 0.15) is 5.78 Å². The third-order valence-corrected chi connectivity index (χ3v) is 8.96. The number of carbonyl (C=O) groups excluding carboxylic acids is 1. The first kappa shape index (κ1) is 14.3. The van der Waals surface area contributed by atoms with Crippen LogP contribution in [-0.2, 0) is 4.79 Å². The van der Waals surface area contributed by atoms with Gasteiger partial charge in [-0.1, -0.05) is 20.8 Å². The number of Topliss-reactive ketones (excluding diaryl/α,β-unsaturated/α-hetero) is 1. The van der Waals surface area contributed by atoms with Crippen LogP contribution in [0.5, 0.6) is 0 Å². The molecule has 21 heavy (non-hydrogen) atoms. The van der Waals surface area contributed by atoms with Crippen molar-refractivity contribution in [1.29, 1.82) is 0 Å². The predicted molar refractivity (Wildman–Crippen MR) is 85.9 cm³/mol. The Morgan fingerprint density at radius 1 is 0.905 bits per heavy atom. The van der Waals surface area contributed by atoms with E-state index >= 15 is 0 Å². The maximum atomic E-state index is 11.9. The van der Waals surface area contributed by atoms with Crippen LogP contribution in [0, 0.1) is 40.4 Å². The molecule has 0 aliphatic heterocycles. The number of fused-ring (bicyclic) bond motifs is 5. The van der Waals surface area contributed by atoms with E-state index in [1.165, 1.54) is 44.9 Å². The van der Waals surface area contributed by atoms with E-state index < -0.39 is 0 Å². The zero-order valence-electron chi connectivity index (χ0n) is 14.2. The second-order valence-corrected chi connectivity index (χ2v) is 9.42. The molecule has 0 aromatic heterocycles. The molecule has 0 aromatic carbocycles. The monoisotopic (exact) mass is 288 g/mol. The van der Waals surface area contributed by atoms with E-state index in [1.54, 1.807) is 0 Å². The second kappa shape index (κ2) is 4.59. The van der Waals surface area contributed by atoms with Crippen molar-refractivity contribution in [1.82, 2.24) is 0 Å². The molecule has 0 heterocycles. The number of hydrogen-bond acceptors (Lipinski definition) is 1. The summed E-state index contributed by atoms with van der Waals surface area (Å²) in [6.45, 7) is 7.67. The first-order chi connectivity index (χ1) is 9.95. The molecule has 1 nitrogen and oxygen atoms in total. The van der Waals surface area contributed by atoms with Crippen LogP contribution in [0.3, 0.4) is 0 Å². The highest BCUT2D eigenvalue weighted by Crippen LogP contribution is 2.67. The van der Waals surface area contributed by atoms with Gasteiger partial charge in [-0.25, -0.2) is 0 Å². The molecule has 4 rings (SSSR count). The molecule has 6 unspecified atom stereocenters. The maximum absolute atomic E-state index is 11.9. The number of rotatable bonds is 0. The Morgan fingerprint density at radius 2 is 1.67 bits per heavy atom. The highest BCUT2D eigenvalue weighted by molar-refractivity contribution is 5.79. The third kappa shape index (κ3) is 1.85. The summed E-state index contributed by atoms with van der Waals surface area (Å²) in [6, 6.07) is 0. The number of hydrogen-bond donors (Lipinski definition) is 0. The molecular formula is C20H32O. The lowest BCUT2D eigenvalue weighted by Crippen LogP contribution is -2.53. The molecule has 0 spiro atoms. The van der Waals surface area contributed by atoms with Crippen molar-refractivity contribution >= 4 is 5.78 Å². The van der Waals surface area contributed by atoms with Crippen LogP contribution < -0.4 is 0 Å². The van der Waals surface area contributed by atoms with Crippen LogP contribution in [0.15, 0.2) is 0 Å². The molecule has 4 aliphatic carbocycles. The summed E-state index contributed by atoms with van der Waals surface area (Å²) in [5, 5.41) is 0. The highest BCUT2D eigenvalue weighted by atomic mass is 16.1. The van der Waals surface area contributed by atoms with E-state index in [1.807, 2.05) is 0 Å². The maximum Gasteiger partial charge on any atom is 0.133 e. The minimum Gasteiger partial charge on any atom is -0.300 e. The van der Waals surface area contributed by atoms with Gasteiger partial charge in [0.15, 0.2) is 0 Å². The molecule has 7 atom stereocenters. The molecule has 4 aliphatic rings. The first-order valence-corrected chi connectivity index (χ1v) is 9.47. The van der Waals surface area contributed by atoms with Crippen molar-refractivity contribution in [2.24, 2.45) is 40.4 Å². The van der Waals surface area contributed by atoms with E-state index in [9.17, 15) is 4.79 Å². The van der Waals surface area contributed by atoms with Crippen molar-refractivity contribution in [2.45, 2.75) is 78.6 Å². The van der Waals surface area contributed by atoms with E-state index in [4.69, 9.17) is 0 Å². The molecule has 0 saturated heterocycles. The zero-order chi connectivity index (χ0) is 14.8. The van der Waals surface area contributed by atoms with E-state index in [0.717, 1.165) is 36.5 Å². The van der Waals surface area contributed by atoms with Crippen LogP contribution in [0.1, 0.15) is 78.6 Å². The molecule has 0 bridgehead atoms. The van der Waals surface area contributed by atoms with Crippen molar-refractivity contribution in [2.75, 3.05) is 0 Å². The summed E-state index contributed by atoms with van der Waals surface area (Å²) in [5.41, 5.74) is 1.12. The molecule has 0 N–H and O–H groups in total. The molecule has 4 saturated carbocycles. The standard InChI is InChI=1S/C20H32O/c1-13-4-7-17-16-6-5-14-12-15(21)8-10-20(14,3)18(16)9-11-19(13,17)2/h13-14,16-18H,4-12H2,1-3H3/t13?,14-,16?,17?,18?,19?,20?/m0/s1. The largest absolute Gasteiger partial charge is 0.300 e. The zero-order valence-corrected chi connectivity index (χ0v) is 14.2. The summed E-state index contributed by atoms with van der Waals surface area (Å²) in [4.78, 5) is 11.9. The molecule has 0 radical (unpaired) electrons. The minimum atomic E-state index is 0.490. The Labute approximate surface area is 130 Å². The van der Waals surface area contributed by atoms with Crippen molar-refractivity contribution < 1.29 is 4.79 Å². The summed E-state index contributed by atoms with van der Waals surface area (Å²) in [7, 11) is 0. The van der Waals surface area contributed by atoms with Crippen molar-refractivity contribution in [3.8, 4) is 0 Å². The van der Waals surface area contributed by atoms with E-state index in [2.05, 4.69) is 20.8 Å². The van der Waals surface area contributed by atoms with Gasteiger partial charge in [0.2, 0.25) is 0 Å². The van der Waals surface area contributed by atoms with Crippen LogP contribution in [0.2, 0.25) is 0 Å². The number of ketones is 1. The third-order valence-electron chi connectivity index (χ3n) is 8.96. The smallest absolute Gasteiger partial charge is 0.133 e. The lowest BCUT2D eigenvalue weighted by atomic mass is 9.45. The summed E-state index contributed by atoms with van der Waals surface area (Å²) >= 11 is 0. The Bertz CT molecular complexity index is 455. The van der Waals surface area contributed by atoms with Gasteiger partial charge in [0.05, 0.1) is 0 Å². The van der Waals surface area contributed by atoms with Gasteiger partial charge >= 0.3 is 0 Å². The fraction of sp³-hybridized carbons (Fsp3) is 0.950. The van der Waals surface area contributed by atoms with Gasteiger partial charge in [-0.05, 0) is 85.4 Å². The van der Waals surface area contributed by atoms with Crippen LogP contribution in [0.4, 0.5) is 0 Å². The quantitative estimate of drug-likeness (QED) is 0.596.